The Balaban J connectivity index is 0.00000512. The SMILES string of the molecule is Cc1nc(N=Nc2ccc(NC(=O)CCC(N)C(=O)O)cc2CCC(=O)O)sc1C#N.N.N. The number of hydrogen-bond donors (Lipinski definition) is 6. The number of amides is 1. The van der Waals surface area contributed by atoms with Crippen LogP contribution in [-0.4, -0.2) is 39.1 Å². The van der Waals surface area contributed by atoms with Crippen LogP contribution in [0.2, 0.25) is 0 Å². The molecule has 0 aliphatic carbocycles. The van der Waals surface area contributed by atoms with Crippen LogP contribution in [0.15, 0.2) is 28.4 Å². The Labute approximate surface area is 193 Å². The van der Waals surface area contributed by atoms with Gasteiger partial charge >= 0.3 is 11.9 Å². The minimum Gasteiger partial charge on any atom is -0.481 e. The van der Waals surface area contributed by atoms with E-state index in [0.717, 1.165) is 11.3 Å². The molecule has 178 valence electrons. The van der Waals surface area contributed by atoms with Crippen molar-refractivity contribution in [2.45, 2.75) is 38.6 Å². The third kappa shape index (κ3) is 9.09. The number of carbonyl (C=O) groups is 3. The molecule has 0 saturated heterocycles. The first-order valence-corrected chi connectivity index (χ1v) is 9.93. The Bertz CT molecular complexity index is 1060. The number of thiazole rings is 1. The van der Waals surface area contributed by atoms with E-state index in [0.29, 0.717) is 32.6 Å². The number of anilines is 1. The average Bonchev–Trinajstić information content (AvgIpc) is 3.09. The number of carboxylic acids is 2. The molecule has 0 bridgehead atoms. The normalized spacial score (nSPS) is 11.1. The van der Waals surface area contributed by atoms with Crippen molar-refractivity contribution in [3.05, 3.63) is 34.3 Å². The smallest absolute Gasteiger partial charge is 0.320 e. The van der Waals surface area contributed by atoms with E-state index in [1.54, 1.807) is 25.1 Å². The maximum absolute atomic E-state index is 12.0. The van der Waals surface area contributed by atoms with Gasteiger partial charge in [-0.2, -0.15) is 5.26 Å². The Hall–Kier alpha value is -3.77. The van der Waals surface area contributed by atoms with E-state index in [1.807, 2.05) is 6.07 Å². The van der Waals surface area contributed by atoms with Crippen molar-refractivity contribution in [3.8, 4) is 6.07 Å². The van der Waals surface area contributed by atoms with Crippen LogP contribution in [0, 0.1) is 18.3 Å². The summed E-state index contributed by atoms with van der Waals surface area (Å²) < 4.78 is 0. The van der Waals surface area contributed by atoms with E-state index in [-0.39, 0.29) is 38.0 Å². The molecule has 2 rings (SSSR count). The maximum Gasteiger partial charge on any atom is 0.320 e. The summed E-state index contributed by atoms with van der Waals surface area (Å²) in [6, 6.07) is 5.62. The van der Waals surface area contributed by atoms with E-state index >= 15 is 0 Å². The van der Waals surface area contributed by atoms with E-state index in [1.165, 1.54) is 0 Å². The first-order valence-electron chi connectivity index (χ1n) is 9.11. The van der Waals surface area contributed by atoms with E-state index < -0.39 is 23.9 Å². The van der Waals surface area contributed by atoms with Gasteiger partial charge < -0.3 is 33.6 Å². The molecule has 0 spiro atoms. The van der Waals surface area contributed by atoms with Crippen molar-refractivity contribution in [3.63, 3.8) is 0 Å². The highest BCUT2D eigenvalue weighted by Crippen LogP contribution is 2.29. The van der Waals surface area contributed by atoms with Crippen LogP contribution < -0.4 is 23.4 Å². The molecule has 0 fully saturated rings. The fraction of sp³-hybridized carbons (Fsp3) is 0.316. The van der Waals surface area contributed by atoms with Crippen molar-refractivity contribution >= 4 is 45.7 Å². The Kier molecular flexibility index (Phi) is 12.0. The highest BCUT2D eigenvalue weighted by molar-refractivity contribution is 7.15. The summed E-state index contributed by atoms with van der Waals surface area (Å²) >= 11 is 1.09. The highest BCUT2D eigenvalue weighted by atomic mass is 32.1. The van der Waals surface area contributed by atoms with Gasteiger partial charge in [0.1, 0.15) is 17.0 Å². The Morgan fingerprint density at radius 2 is 1.94 bits per heavy atom. The van der Waals surface area contributed by atoms with Crippen LogP contribution in [0.3, 0.4) is 0 Å². The molecule has 1 aromatic carbocycles. The predicted octanol–water partition coefficient (Wildman–Crippen LogP) is 3.21. The molecule has 0 saturated carbocycles. The standard InChI is InChI=1S/C19H20N6O5S.2H3N/c1-10-15(9-20)31-19(22-10)25-24-14-5-3-12(8-11(14)2-7-17(27)28)23-16(26)6-4-13(21)18(29)30;;/h3,5,8,13H,2,4,6-7,21H2,1H3,(H,23,26)(H,27,28)(H,29,30);2*1H3. The third-order valence-corrected chi connectivity index (χ3v) is 5.05. The zero-order valence-corrected chi connectivity index (χ0v) is 18.8. The number of aliphatic carboxylic acids is 2. The lowest BCUT2D eigenvalue weighted by Gasteiger charge is -2.10. The minimum atomic E-state index is -1.18. The quantitative estimate of drug-likeness (QED) is 0.271. The Morgan fingerprint density at radius 3 is 2.52 bits per heavy atom. The first kappa shape index (κ1) is 29.2. The number of rotatable bonds is 10. The largest absolute Gasteiger partial charge is 0.481 e. The Morgan fingerprint density at radius 1 is 1.24 bits per heavy atom. The molecule has 11 N–H and O–H groups in total. The maximum atomic E-state index is 12.0. The highest BCUT2D eigenvalue weighted by Gasteiger charge is 2.14. The van der Waals surface area contributed by atoms with Crippen LogP contribution in [0.1, 0.15) is 35.4 Å². The third-order valence-electron chi connectivity index (χ3n) is 4.10. The molecule has 1 amide bonds. The fourth-order valence-electron chi connectivity index (χ4n) is 2.46. The van der Waals surface area contributed by atoms with Crippen molar-refractivity contribution in [2.75, 3.05) is 5.32 Å². The second kappa shape index (κ2) is 13.6. The molecule has 33 heavy (non-hydrogen) atoms. The fourth-order valence-corrected chi connectivity index (χ4v) is 3.15. The van der Waals surface area contributed by atoms with E-state index in [4.69, 9.17) is 21.2 Å². The monoisotopic (exact) mass is 478 g/mol. The summed E-state index contributed by atoms with van der Waals surface area (Å²) in [6.07, 6.45) is -0.0960. The first-order chi connectivity index (χ1) is 14.7. The van der Waals surface area contributed by atoms with Gasteiger partial charge in [0, 0.05) is 18.5 Å². The lowest BCUT2D eigenvalue weighted by Crippen LogP contribution is -2.31. The van der Waals surface area contributed by atoms with E-state index in [9.17, 15) is 14.4 Å². The van der Waals surface area contributed by atoms with Gasteiger partial charge in [-0.15, -0.1) is 10.2 Å². The van der Waals surface area contributed by atoms with Gasteiger partial charge in [-0.3, -0.25) is 14.4 Å². The van der Waals surface area contributed by atoms with Gasteiger partial charge in [-0.25, -0.2) is 4.98 Å². The number of azo groups is 1. The number of aromatic nitrogens is 1. The summed E-state index contributed by atoms with van der Waals surface area (Å²) in [5.74, 6) is -2.59. The van der Waals surface area contributed by atoms with Crippen LogP contribution in [0.4, 0.5) is 16.5 Å². The van der Waals surface area contributed by atoms with Gasteiger partial charge in [-0.05, 0) is 43.5 Å². The zero-order chi connectivity index (χ0) is 23.0. The predicted molar refractivity (Wildman–Crippen MR) is 122 cm³/mol. The number of carbonyl (C=O) groups excluding carboxylic acids is 1. The molecule has 0 aliphatic rings. The molecule has 1 atom stereocenters. The van der Waals surface area contributed by atoms with Crippen molar-refractivity contribution in [2.24, 2.45) is 16.0 Å². The number of benzene rings is 1. The van der Waals surface area contributed by atoms with Gasteiger partial charge in [0.2, 0.25) is 11.0 Å². The molecule has 0 aliphatic heterocycles. The van der Waals surface area contributed by atoms with Gasteiger partial charge in [0.15, 0.2) is 0 Å². The lowest BCUT2D eigenvalue weighted by atomic mass is 10.1. The van der Waals surface area contributed by atoms with Crippen LogP contribution in [0.25, 0.3) is 0 Å². The molecule has 13 nitrogen and oxygen atoms in total. The molecule has 1 unspecified atom stereocenters. The van der Waals surface area contributed by atoms with Crippen molar-refractivity contribution < 1.29 is 24.6 Å². The number of hydrogen-bond acceptors (Lipinski definition) is 11. The van der Waals surface area contributed by atoms with Gasteiger partial charge in [-0.1, -0.05) is 11.3 Å². The second-order valence-electron chi connectivity index (χ2n) is 6.49. The van der Waals surface area contributed by atoms with Crippen molar-refractivity contribution in [1.29, 1.82) is 5.26 Å². The number of nitrogens with one attached hydrogen (secondary N) is 1. The summed E-state index contributed by atoms with van der Waals surface area (Å²) in [7, 11) is 0. The molecule has 0 radical (unpaired) electrons. The summed E-state index contributed by atoms with van der Waals surface area (Å²) in [6.45, 7) is 1.69. The second-order valence-corrected chi connectivity index (χ2v) is 7.47. The number of aryl methyl sites for hydroxylation is 2. The van der Waals surface area contributed by atoms with Gasteiger partial charge in [0.25, 0.3) is 0 Å². The summed E-state index contributed by atoms with van der Waals surface area (Å²) in [4.78, 5) is 38.3. The molecular weight excluding hydrogens is 452 g/mol. The topological polar surface area (TPSA) is 261 Å². The molecule has 1 aromatic heterocycles. The molecule has 14 heteroatoms. The van der Waals surface area contributed by atoms with Crippen LogP contribution in [0.5, 0.6) is 0 Å². The number of nitriles is 1. The van der Waals surface area contributed by atoms with E-state index in [2.05, 4.69) is 20.5 Å². The number of carboxylic acid groups (broad SMARTS) is 2. The lowest BCUT2D eigenvalue weighted by molar-refractivity contribution is -0.139. The number of nitrogens with two attached hydrogens (primary N) is 1. The zero-order valence-electron chi connectivity index (χ0n) is 17.9. The number of nitrogens with zero attached hydrogens (tertiary/aromatic N) is 4. The van der Waals surface area contributed by atoms with Crippen LogP contribution in [-0.2, 0) is 20.8 Å². The average molecular weight is 479 g/mol. The summed E-state index contributed by atoms with van der Waals surface area (Å²) in [5.41, 5.74) is 7.29. The summed E-state index contributed by atoms with van der Waals surface area (Å²) in [5, 5.41) is 37.8. The van der Waals surface area contributed by atoms with Gasteiger partial charge in [0.05, 0.1) is 11.4 Å². The van der Waals surface area contributed by atoms with Crippen LogP contribution >= 0.6 is 11.3 Å². The minimum absolute atomic E-state index is 0. The molecule has 2 aromatic rings. The molecule has 1 heterocycles. The van der Waals surface area contributed by atoms with Crippen molar-refractivity contribution in [1.82, 2.24) is 17.3 Å². The molecular formula is C19H26N8O5S.